The number of piperidine rings is 2. The second-order valence-electron chi connectivity index (χ2n) is 18.7. The maximum absolute atomic E-state index is 15.8. The molecule has 6 aliphatic rings. The summed E-state index contributed by atoms with van der Waals surface area (Å²) in [5.41, 5.74) is 1.10. The Bertz CT molecular complexity index is 2530. The highest BCUT2D eigenvalue weighted by atomic mass is 19.3. The predicted octanol–water partition coefficient (Wildman–Crippen LogP) is 3.87. The molecule has 6 amide bonds. The van der Waals surface area contributed by atoms with Gasteiger partial charge in [-0.25, -0.2) is 9.37 Å². The number of methoxy groups -OCH3 is 1. The number of anilines is 5. The number of aromatic nitrogens is 2. The van der Waals surface area contributed by atoms with Crippen LogP contribution < -0.4 is 30.5 Å². The summed E-state index contributed by atoms with van der Waals surface area (Å²) in [5.74, 6) is -8.04. The van der Waals surface area contributed by atoms with Gasteiger partial charge in [0.2, 0.25) is 17.8 Å². The maximum atomic E-state index is 15.8. The molecule has 1 aliphatic carbocycles. The number of ether oxygens (including phenoxy) is 2. The molecule has 3 saturated heterocycles. The zero-order valence-electron chi connectivity index (χ0n) is 39.3. The van der Waals surface area contributed by atoms with Crippen molar-refractivity contribution in [3.63, 3.8) is 0 Å². The molecule has 3 N–H and O–H groups in total. The fourth-order valence-corrected chi connectivity index (χ4v) is 10.5. The van der Waals surface area contributed by atoms with E-state index in [0.717, 1.165) is 74.3 Å². The Morgan fingerprint density at radius 3 is 2.40 bits per heavy atom. The Labute approximate surface area is 403 Å². The average molecular weight is 974 g/mol. The first kappa shape index (κ1) is 48.6. The number of halogens is 3. The molecule has 1 saturated carbocycles. The summed E-state index contributed by atoms with van der Waals surface area (Å²) in [5, 5.41) is 8.40. The first-order valence-corrected chi connectivity index (χ1v) is 24.1. The largest absolute Gasteiger partial charge is 0.495 e. The van der Waals surface area contributed by atoms with Gasteiger partial charge in [-0.3, -0.25) is 48.8 Å². The second-order valence-corrected chi connectivity index (χ2v) is 18.7. The summed E-state index contributed by atoms with van der Waals surface area (Å²) < 4.78 is 57.5. The molecule has 0 spiro atoms. The summed E-state index contributed by atoms with van der Waals surface area (Å²) in [6.07, 6.45) is 6.71. The number of nitrogens with zero attached hydrogens (tertiary/aromatic N) is 8. The van der Waals surface area contributed by atoms with E-state index in [1.54, 1.807) is 23.1 Å². The van der Waals surface area contributed by atoms with Gasteiger partial charge in [0, 0.05) is 96.3 Å². The van der Waals surface area contributed by atoms with Gasteiger partial charge in [0.05, 0.1) is 48.8 Å². The molecule has 1 unspecified atom stereocenters. The van der Waals surface area contributed by atoms with Gasteiger partial charge in [-0.2, -0.15) is 13.8 Å². The second kappa shape index (κ2) is 20.5. The molecule has 0 radical (unpaired) electrons. The summed E-state index contributed by atoms with van der Waals surface area (Å²) in [7, 11) is 2.66. The molecule has 1 aromatic heterocycles. The smallest absolute Gasteiger partial charge is 0.342 e. The third-order valence-electron chi connectivity index (χ3n) is 14.4. The minimum absolute atomic E-state index is 0.0139. The highest BCUT2D eigenvalue weighted by Gasteiger charge is 2.49. The number of hydrogen-bond donors (Lipinski definition) is 3. The van der Waals surface area contributed by atoms with E-state index >= 15 is 13.2 Å². The molecule has 2 aromatic carbocycles. The Balaban J connectivity index is 0.705. The number of alkyl halides is 2. The third-order valence-corrected chi connectivity index (χ3v) is 14.4. The van der Waals surface area contributed by atoms with Crippen molar-refractivity contribution in [3.05, 3.63) is 59.0 Å². The van der Waals surface area contributed by atoms with Crippen LogP contribution in [-0.4, -0.2) is 175 Å². The number of benzene rings is 2. The first-order chi connectivity index (χ1) is 33.7. The molecular formula is C48H58F3N11O8. The molecule has 19 nitrogen and oxygen atoms in total. The topological polar surface area (TPSA) is 202 Å². The van der Waals surface area contributed by atoms with Crippen molar-refractivity contribution >= 4 is 64.3 Å². The number of rotatable bonds is 15. The number of imide groups is 2. The minimum Gasteiger partial charge on any atom is -0.495 e. The molecule has 5 aliphatic heterocycles. The molecule has 0 bridgehead atoms. The van der Waals surface area contributed by atoms with Crippen molar-refractivity contribution < 1.29 is 51.4 Å². The molecule has 70 heavy (non-hydrogen) atoms. The number of likely N-dealkylation sites (tertiary alicyclic amines) is 1. The molecule has 4 fully saturated rings. The van der Waals surface area contributed by atoms with Crippen LogP contribution in [-0.2, 0) is 19.1 Å². The lowest BCUT2D eigenvalue weighted by atomic mass is 10.0. The van der Waals surface area contributed by atoms with Crippen molar-refractivity contribution in [2.24, 2.45) is 0 Å². The Morgan fingerprint density at radius 1 is 0.914 bits per heavy atom. The average Bonchev–Trinajstić information content (AvgIpc) is 3.97. The van der Waals surface area contributed by atoms with E-state index < -0.39 is 59.8 Å². The molecule has 1 atom stereocenters. The lowest BCUT2D eigenvalue weighted by Gasteiger charge is -2.42. The highest BCUT2D eigenvalue weighted by molar-refractivity contribution is 6.25. The maximum Gasteiger partial charge on any atom is 0.342 e. The van der Waals surface area contributed by atoms with Gasteiger partial charge in [-0.05, 0) is 56.7 Å². The number of hydrogen-bond acceptors (Lipinski definition) is 15. The van der Waals surface area contributed by atoms with Gasteiger partial charge in [-0.1, -0.05) is 18.9 Å². The Hall–Kier alpha value is -6.39. The number of nitrogens with one attached hydrogen (secondary N) is 3. The van der Waals surface area contributed by atoms with Crippen LogP contribution in [0.3, 0.4) is 0 Å². The van der Waals surface area contributed by atoms with Crippen LogP contribution in [0, 0.1) is 5.82 Å². The van der Waals surface area contributed by atoms with Crippen molar-refractivity contribution in [3.8, 4) is 5.75 Å². The van der Waals surface area contributed by atoms with Crippen molar-refractivity contribution in [1.29, 1.82) is 0 Å². The summed E-state index contributed by atoms with van der Waals surface area (Å²) in [6.45, 7) is 5.93. The first-order valence-electron chi connectivity index (χ1n) is 24.1. The quantitative estimate of drug-likeness (QED) is 0.146. The Kier molecular flexibility index (Phi) is 14.3. The van der Waals surface area contributed by atoms with Gasteiger partial charge >= 0.3 is 5.92 Å². The zero-order valence-corrected chi connectivity index (χ0v) is 39.3. The van der Waals surface area contributed by atoms with Crippen LogP contribution in [0.1, 0.15) is 88.9 Å². The van der Waals surface area contributed by atoms with Crippen LogP contribution in [0.15, 0.2) is 36.5 Å². The lowest BCUT2D eigenvalue weighted by molar-refractivity contribution is -0.140. The standard InChI is InChI=1S/C48H58F3N11O8/c1-57-37-27-53-47(56-41(37)61(30-7-3-4-8-30)28-48(50,51)46(57)68)54-35-26-33(49)32(25-38(35)69-2)43(65)60-16-13-29(14-17-60)59-20-18-58(19-21-59)22-24-70-23-6-15-52-34-10-5-9-31-40(34)45(67)62(44(31)66)36-11-12-39(63)55-42(36)64/h5,9-10,25-27,29-30,36,52H,3-4,6-8,11-24,28H2,1-2H3,(H,53,54,56)(H,55,63,64). The fourth-order valence-electron chi connectivity index (χ4n) is 10.5. The molecule has 3 aromatic rings. The SMILES string of the molecule is COc1cc(C(=O)N2CCC(N3CCN(CCOCCCNc4cccc5c4C(=O)N(C4CCC(=O)NC4=O)C5=O)CC3)CC2)c(F)cc1Nc1ncc2c(n1)N(C1CCCC1)CC(F)(F)C(=O)N2C. The van der Waals surface area contributed by atoms with Crippen molar-refractivity contribution in [2.75, 3.05) is 107 Å². The normalized spacial score (nSPS) is 21.5. The molecule has 22 heteroatoms. The number of fused-ring (bicyclic) bond motifs is 2. The number of carbonyl (C=O) groups is 6. The summed E-state index contributed by atoms with van der Waals surface area (Å²) in [4.78, 5) is 95.6. The monoisotopic (exact) mass is 973 g/mol. The van der Waals surface area contributed by atoms with E-state index in [9.17, 15) is 28.8 Å². The zero-order chi connectivity index (χ0) is 49.3. The van der Waals surface area contributed by atoms with Gasteiger partial charge in [0.25, 0.3) is 23.6 Å². The Morgan fingerprint density at radius 2 is 1.67 bits per heavy atom. The number of piperazine rings is 1. The van der Waals surface area contributed by atoms with E-state index in [4.69, 9.17) is 9.47 Å². The predicted molar refractivity (Wildman–Crippen MR) is 250 cm³/mol. The van der Waals surface area contributed by atoms with Gasteiger partial charge in [0.1, 0.15) is 23.3 Å². The van der Waals surface area contributed by atoms with Crippen molar-refractivity contribution in [2.45, 2.75) is 81.8 Å². The summed E-state index contributed by atoms with van der Waals surface area (Å²) in [6, 6.07) is 6.49. The van der Waals surface area contributed by atoms with E-state index in [0.29, 0.717) is 57.8 Å². The van der Waals surface area contributed by atoms with E-state index in [1.807, 2.05) is 0 Å². The third kappa shape index (κ3) is 9.85. The molecule has 9 rings (SSSR count). The number of carbonyl (C=O) groups excluding carboxylic acids is 6. The van der Waals surface area contributed by atoms with Crippen LogP contribution in [0.5, 0.6) is 5.75 Å². The minimum atomic E-state index is -3.63. The van der Waals surface area contributed by atoms with Crippen molar-refractivity contribution in [1.82, 2.24) is 34.9 Å². The van der Waals surface area contributed by atoms with E-state index in [2.05, 4.69) is 35.7 Å². The van der Waals surface area contributed by atoms with Crippen LogP contribution >= 0.6 is 0 Å². The van der Waals surface area contributed by atoms with Gasteiger partial charge in [0.15, 0.2) is 5.82 Å². The number of amides is 6. The lowest BCUT2D eigenvalue weighted by Crippen LogP contribution is -2.54. The van der Waals surface area contributed by atoms with E-state index in [1.165, 1.54) is 31.3 Å². The summed E-state index contributed by atoms with van der Waals surface area (Å²) >= 11 is 0. The van der Waals surface area contributed by atoms with Crippen LogP contribution in [0.25, 0.3) is 0 Å². The fraction of sp³-hybridized carbons (Fsp3) is 0.542. The molecular weight excluding hydrogens is 916 g/mol. The van der Waals surface area contributed by atoms with Crippen LogP contribution in [0.4, 0.5) is 42.0 Å². The van der Waals surface area contributed by atoms with Gasteiger partial charge in [-0.15, -0.1) is 0 Å². The highest BCUT2D eigenvalue weighted by Crippen LogP contribution is 2.41. The molecule has 6 heterocycles. The van der Waals surface area contributed by atoms with Crippen LogP contribution in [0.2, 0.25) is 0 Å². The van der Waals surface area contributed by atoms with Gasteiger partial charge < -0.3 is 34.8 Å². The van der Waals surface area contributed by atoms with E-state index in [-0.39, 0.29) is 70.5 Å². The molecule has 374 valence electrons.